The van der Waals surface area contributed by atoms with Crippen molar-refractivity contribution >= 4 is 34.9 Å². The molecule has 0 radical (unpaired) electrons. The van der Waals surface area contributed by atoms with Crippen molar-refractivity contribution in [3.05, 3.63) is 59.1 Å². The summed E-state index contributed by atoms with van der Waals surface area (Å²) >= 11 is 5.97. The number of hydrogen-bond donors (Lipinski definition) is 0. The van der Waals surface area contributed by atoms with Crippen LogP contribution in [-0.4, -0.2) is 48.2 Å². The molecule has 5 rings (SSSR count). The summed E-state index contributed by atoms with van der Waals surface area (Å²) in [6.07, 6.45) is 1.74. The smallest absolute Gasteiger partial charge is 0.239 e. The van der Waals surface area contributed by atoms with E-state index >= 15 is 0 Å². The van der Waals surface area contributed by atoms with E-state index in [1.54, 1.807) is 55.6 Å². The molecule has 4 atom stereocenters. The van der Waals surface area contributed by atoms with Gasteiger partial charge in [0.15, 0.2) is 5.78 Å². The van der Waals surface area contributed by atoms with Crippen LogP contribution in [0.5, 0.6) is 5.75 Å². The Kier molecular flexibility index (Phi) is 4.64. The summed E-state index contributed by atoms with van der Waals surface area (Å²) < 4.78 is 5.17. The lowest BCUT2D eigenvalue weighted by atomic mass is 9.85. The zero-order valence-electron chi connectivity index (χ0n) is 16.5. The number of methoxy groups -OCH3 is 1. The number of anilines is 1. The predicted molar refractivity (Wildman–Crippen MR) is 112 cm³/mol. The van der Waals surface area contributed by atoms with Crippen molar-refractivity contribution < 1.29 is 19.1 Å². The third kappa shape index (κ3) is 2.78. The van der Waals surface area contributed by atoms with Gasteiger partial charge in [-0.2, -0.15) is 0 Å². The second-order valence-electron chi connectivity index (χ2n) is 8.02. The lowest BCUT2D eigenvalue weighted by Crippen LogP contribution is -2.46. The van der Waals surface area contributed by atoms with E-state index in [1.807, 2.05) is 0 Å². The SMILES string of the molecule is COc1ccc(N2C(=O)[C@@H]3[C@H](C2=O)[C@H](C(=O)c2ccc(Cl)cc2)N2CCC[C@@H]32)cc1. The van der Waals surface area contributed by atoms with Crippen LogP contribution in [0.1, 0.15) is 23.2 Å². The highest BCUT2D eigenvalue weighted by Crippen LogP contribution is 2.48. The third-order valence-electron chi connectivity index (χ3n) is 6.58. The van der Waals surface area contributed by atoms with Gasteiger partial charge in [-0.15, -0.1) is 0 Å². The molecule has 3 heterocycles. The Bertz CT molecular complexity index is 1020. The van der Waals surface area contributed by atoms with Crippen LogP contribution in [0.15, 0.2) is 48.5 Å². The number of halogens is 1. The summed E-state index contributed by atoms with van der Waals surface area (Å²) in [4.78, 5) is 43.6. The molecule has 6 nitrogen and oxygen atoms in total. The van der Waals surface area contributed by atoms with Crippen LogP contribution in [0.3, 0.4) is 0 Å². The molecule has 30 heavy (non-hydrogen) atoms. The molecule has 0 unspecified atom stereocenters. The molecule has 0 saturated carbocycles. The van der Waals surface area contributed by atoms with Gasteiger partial charge in [0.05, 0.1) is 30.7 Å². The standard InChI is InChI=1S/C23H21ClN2O4/c1-30-16-10-8-15(9-11-16)26-22(28)18-17-3-2-12-25(17)20(19(18)23(26)29)21(27)13-4-6-14(24)7-5-13/h4-11,17-20H,2-3,12H2,1H3/t17-,18-,19-,20+/m0/s1. The van der Waals surface area contributed by atoms with Gasteiger partial charge >= 0.3 is 0 Å². The van der Waals surface area contributed by atoms with E-state index < -0.39 is 17.9 Å². The van der Waals surface area contributed by atoms with Crippen LogP contribution in [0.25, 0.3) is 0 Å². The van der Waals surface area contributed by atoms with Crippen molar-refractivity contribution in [2.75, 3.05) is 18.6 Å². The highest BCUT2D eigenvalue weighted by molar-refractivity contribution is 6.30. The molecule has 0 aliphatic carbocycles. The van der Waals surface area contributed by atoms with Crippen molar-refractivity contribution in [1.29, 1.82) is 0 Å². The van der Waals surface area contributed by atoms with Crippen LogP contribution in [0, 0.1) is 11.8 Å². The lowest BCUT2D eigenvalue weighted by Gasteiger charge is -2.27. The molecule has 154 valence electrons. The van der Waals surface area contributed by atoms with Gasteiger partial charge in [0.1, 0.15) is 5.75 Å². The monoisotopic (exact) mass is 424 g/mol. The van der Waals surface area contributed by atoms with E-state index in [1.165, 1.54) is 4.90 Å². The van der Waals surface area contributed by atoms with Crippen molar-refractivity contribution in [1.82, 2.24) is 4.90 Å². The number of amides is 2. The number of imide groups is 1. The topological polar surface area (TPSA) is 66.9 Å². The summed E-state index contributed by atoms with van der Waals surface area (Å²) in [5.74, 6) is -1.12. The maximum absolute atomic E-state index is 13.5. The van der Waals surface area contributed by atoms with Crippen LogP contribution < -0.4 is 9.64 Å². The normalized spacial score (nSPS) is 28.0. The molecule has 0 bridgehead atoms. The van der Waals surface area contributed by atoms with Crippen molar-refractivity contribution in [2.45, 2.75) is 24.9 Å². The Morgan fingerprint density at radius 1 is 1.00 bits per heavy atom. The second kappa shape index (κ2) is 7.22. The first-order valence-corrected chi connectivity index (χ1v) is 10.5. The molecule has 2 amide bonds. The minimum atomic E-state index is -0.659. The minimum absolute atomic E-state index is 0.0732. The van der Waals surface area contributed by atoms with Gasteiger partial charge in [-0.05, 0) is 67.9 Å². The maximum atomic E-state index is 13.5. The molecule has 2 aromatic carbocycles. The summed E-state index contributed by atoms with van der Waals surface area (Å²) in [7, 11) is 1.56. The second-order valence-corrected chi connectivity index (χ2v) is 8.46. The fourth-order valence-corrected chi connectivity index (χ4v) is 5.41. The van der Waals surface area contributed by atoms with Gasteiger partial charge in [-0.25, -0.2) is 4.90 Å². The van der Waals surface area contributed by atoms with Crippen LogP contribution in [0.2, 0.25) is 5.02 Å². The Balaban J connectivity index is 1.52. The van der Waals surface area contributed by atoms with E-state index in [2.05, 4.69) is 4.90 Å². The number of ether oxygens (including phenoxy) is 1. The van der Waals surface area contributed by atoms with Gasteiger partial charge < -0.3 is 4.74 Å². The van der Waals surface area contributed by atoms with E-state index in [-0.39, 0.29) is 23.6 Å². The molecule has 2 aromatic rings. The number of rotatable bonds is 4. The molecule has 3 saturated heterocycles. The quantitative estimate of drug-likeness (QED) is 0.557. The number of carbonyl (C=O) groups is 3. The largest absolute Gasteiger partial charge is 0.497 e. The molecule has 3 aliphatic heterocycles. The number of fused-ring (bicyclic) bond motifs is 3. The van der Waals surface area contributed by atoms with Gasteiger partial charge in [-0.3, -0.25) is 19.3 Å². The van der Waals surface area contributed by atoms with E-state index in [0.29, 0.717) is 22.0 Å². The number of ketones is 1. The molecule has 3 fully saturated rings. The predicted octanol–water partition coefficient (Wildman–Crippen LogP) is 3.18. The first-order chi connectivity index (χ1) is 14.5. The third-order valence-corrected chi connectivity index (χ3v) is 6.83. The average Bonchev–Trinajstić information content (AvgIpc) is 3.40. The van der Waals surface area contributed by atoms with Crippen molar-refractivity contribution in [3.8, 4) is 5.75 Å². The Hall–Kier alpha value is -2.70. The van der Waals surface area contributed by atoms with Gasteiger partial charge in [0, 0.05) is 16.6 Å². The van der Waals surface area contributed by atoms with Gasteiger partial charge in [0.25, 0.3) is 0 Å². The minimum Gasteiger partial charge on any atom is -0.497 e. The van der Waals surface area contributed by atoms with E-state index in [4.69, 9.17) is 16.3 Å². The molecular formula is C23H21ClN2O4. The first kappa shape index (κ1) is 19.3. The number of benzene rings is 2. The fraction of sp³-hybridized carbons (Fsp3) is 0.348. The van der Waals surface area contributed by atoms with Crippen molar-refractivity contribution in [2.24, 2.45) is 11.8 Å². The van der Waals surface area contributed by atoms with Gasteiger partial charge in [-0.1, -0.05) is 11.6 Å². The van der Waals surface area contributed by atoms with Crippen LogP contribution in [0.4, 0.5) is 5.69 Å². The van der Waals surface area contributed by atoms with Crippen molar-refractivity contribution in [3.63, 3.8) is 0 Å². The molecule has 7 heteroatoms. The molecule has 0 aromatic heterocycles. The van der Waals surface area contributed by atoms with Crippen LogP contribution in [-0.2, 0) is 9.59 Å². The molecule has 3 aliphatic rings. The fourth-order valence-electron chi connectivity index (χ4n) is 5.29. The van der Waals surface area contributed by atoms with E-state index in [9.17, 15) is 14.4 Å². The Morgan fingerprint density at radius 2 is 1.67 bits per heavy atom. The summed E-state index contributed by atoms with van der Waals surface area (Å²) in [5, 5.41) is 0.549. The zero-order chi connectivity index (χ0) is 21.0. The maximum Gasteiger partial charge on any atom is 0.239 e. The summed E-state index contributed by atoms with van der Waals surface area (Å²) in [5.41, 5.74) is 1.03. The Morgan fingerprint density at radius 3 is 2.33 bits per heavy atom. The highest BCUT2D eigenvalue weighted by atomic mass is 35.5. The summed E-state index contributed by atoms with van der Waals surface area (Å²) in [6, 6.07) is 12.9. The number of nitrogens with zero attached hydrogens (tertiary/aromatic N) is 2. The van der Waals surface area contributed by atoms with Crippen LogP contribution >= 0.6 is 11.6 Å². The summed E-state index contributed by atoms with van der Waals surface area (Å²) in [6.45, 7) is 0.727. The van der Waals surface area contributed by atoms with Gasteiger partial charge in [0.2, 0.25) is 11.8 Å². The molecular weight excluding hydrogens is 404 g/mol. The number of hydrogen-bond acceptors (Lipinski definition) is 5. The first-order valence-electron chi connectivity index (χ1n) is 10.1. The van der Waals surface area contributed by atoms with E-state index in [0.717, 1.165) is 19.4 Å². The average molecular weight is 425 g/mol. The number of carbonyl (C=O) groups excluding carboxylic acids is 3. The lowest BCUT2D eigenvalue weighted by molar-refractivity contribution is -0.123. The molecule has 0 spiro atoms. The Labute approximate surface area is 179 Å². The molecule has 0 N–H and O–H groups in total. The number of Topliss-reactive ketones (excluding diaryl/α,β-unsaturated/α-hetero) is 1. The highest BCUT2D eigenvalue weighted by Gasteiger charge is 2.64. The zero-order valence-corrected chi connectivity index (χ0v) is 17.2.